The van der Waals surface area contributed by atoms with E-state index in [2.05, 4.69) is 59.9 Å². The first-order valence-electron chi connectivity index (χ1n) is 11.3. The molecule has 0 radical (unpaired) electrons. The molecule has 1 amide bonds. The van der Waals surface area contributed by atoms with Gasteiger partial charge in [-0.3, -0.25) is 4.79 Å². The summed E-state index contributed by atoms with van der Waals surface area (Å²) in [4.78, 5) is 22.3. The van der Waals surface area contributed by atoms with Crippen molar-refractivity contribution in [2.45, 2.75) is 51.0 Å². The zero-order valence-corrected chi connectivity index (χ0v) is 19.9. The van der Waals surface area contributed by atoms with Crippen molar-refractivity contribution in [1.82, 2.24) is 14.5 Å². The molecule has 1 aliphatic rings. The number of anilines is 1. The highest BCUT2D eigenvalue weighted by molar-refractivity contribution is 6.31. The SMILES string of the molecule is CC(C)(C)n1c(C2(c3ccc(NC(=O)c4cccc(Cl)c4)nc3)CCC2)nc2ccccc21. The molecule has 4 aromatic rings. The molecule has 6 heteroatoms. The smallest absolute Gasteiger partial charge is 0.256 e. The standard InChI is InChI=1S/C27H27ClN4O/c1-26(2,3)32-22-11-5-4-10-21(22)30-25(32)27(14-7-15-27)19-12-13-23(29-17-19)31-24(33)18-8-6-9-20(28)16-18/h4-6,8-13,16-17H,7,14-15H2,1-3H3,(H,29,31,33). The van der Waals surface area contributed by atoms with Crippen molar-refractivity contribution in [3.8, 4) is 0 Å². The van der Waals surface area contributed by atoms with E-state index in [0.29, 0.717) is 16.4 Å². The molecule has 5 nitrogen and oxygen atoms in total. The molecule has 0 spiro atoms. The summed E-state index contributed by atoms with van der Waals surface area (Å²) in [6.45, 7) is 6.68. The van der Waals surface area contributed by atoms with Gasteiger partial charge in [-0.1, -0.05) is 42.3 Å². The molecule has 168 valence electrons. The van der Waals surface area contributed by atoms with Crippen LogP contribution in [0, 0.1) is 0 Å². The maximum Gasteiger partial charge on any atom is 0.256 e. The van der Waals surface area contributed by atoms with Crippen molar-refractivity contribution < 1.29 is 4.79 Å². The first-order valence-corrected chi connectivity index (χ1v) is 11.7. The number of imidazole rings is 1. The van der Waals surface area contributed by atoms with Gasteiger partial charge in [0.2, 0.25) is 0 Å². The molecular weight excluding hydrogens is 432 g/mol. The highest BCUT2D eigenvalue weighted by Gasteiger charge is 2.46. The Morgan fingerprint density at radius 2 is 1.85 bits per heavy atom. The monoisotopic (exact) mass is 458 g/mol. The molecule has 1 aliphatic carbocycles. The van der Waals surface area contributed by atoms with Crippen LogP contribution in [0.5, 0.6) is 0 Å². The van der Waals surface area contributed by atoms with Crippen LogP contribution in [0.3, 0.4) is 0 Å². The first-order chi connectivity index (χ1) is 15.8. The Hall–Kier alpha value is -3.18. The van der Waals surface area contributed by atoms with Crippen LogP contribution in [0.4, 0.5) is 5.82 Å². The maximum absolute atomic E-state index is 12.6. The quantitative estimate of drug-likeness (QED) is 0.376. The van der Waals surface area contributed by atoms with Gasteiger partial charge < -0.3 is 9.88 Å². The molecule has 1 saturated carbocycles. The van der Waals surface area contributed by atoms with Gasteiger partial charge in [-0.15, -0.1) is 0 Å². The predicted molar refractivity (Wildman–Crippen MR) is 133 cm³/mol. The lowest BCUT2D eigenvalue weighted by Gasteiger charge is -2.43. The van der Waals surface area contributed by atoms with Crippen LogP contribution in [0.1, 0.15) is 61.8 Å². The van der Waals surface area contributed by atoms with E-state index in [0.717, 1.165) is 41.7 Å². The third-order valence-corrected chi connectivity index (χ3v) is 6.75. The van der Waals surface area contributed by atoms with Crippen molar-refractivity contribution in [3.05, 3.63) is 88.8 Å². The van der Waals surface area contributed by atoms with Crippen molar-refractivity contribution in [1.29, 1.82) is 0 Å². The van der Waals surface area contributed by atoms with Gasteiger partial charge in [0.05, 0.1) is 16.4 Å². The fourth-order valence-corrected chi connectivity index (χ4v) is 4.96. The second-order valence-corrected chi connectivity index (χ2v) is 10.2. The Bertz CT molecular complexity index is 1330. The molecule has 0 atom stereocenters. The number of hydrogen-bond donors (Lipinski definition) is 1. The summed E-state index contributed by atoms with van der Waals surface area (Å²) in [5.74, 6) is 1.38. The van der Waals surface area contributed by atoms with Gasteiger partial charge in [0, 0.05) is 22.3 Å². The van der Waals surface area contributed by atoms with Gasteiger partial charge in [0.25, 0.3) is 5.91 Å². The predicted octanol–water partition coefficient (Wildman–Crippen LogP) is 6.56. The molecule has 5 rings (SSSR count). The summed E-state index contributed by atoms with van der Waals surface area (Å²) < 4.78 is 2.39. The van der Waals surface area contributed by atoms with Gasteiger partial charge in [0.1, 0.15) is 11.6 Å². The number of fused-ring (bicyclic) bond motifs is 1. The number of amides is 1. The molecule has 2 heterocycles. The van der Waals surface area contributed by atoms with E-state index in [4.69, 9.17) is 16.6 Å². The summed E-state index contributed by atoms with van der Waals surface area (Å²) in [5, 5.41) is 3.39. The fraction of sp³-hybridized carbons (Fsp3) is 0.296. The summed E-state index contributed by atoms with van der Waals surface area (Å²) in [7, 11) is 0. The minimum absolute atomic E-state index is 0.105. The van der Waals surface area contributed by atoms with Gasteiger partial charge in [-0.25, -0.2) is 9.97 Å². The number of halogens is 1. The van der Waals surface area contributed by atoms with Crippen LogP contribution in [-0.4, -0.2) is 20.4 Å². The Morgan fingerprint density at radius 1 is 1.06 bits per heavy atom. The summed E-state index contributed by atoms with van der Waals surface area (Å²) in [5.41, 5.74) is 3.54. The molecule has 0 aliphatic heterocycles. The summed E-state index contributed by atoms with van der Waals surface area (Å²) in [6.07, 6.45) is 5.10. The Labute approximate surface area is 198 Å². The molecule has 2 aromatic heterocycles. The topological polar surface area (TPSA) is 59.8 Å². The maximum atomic E-state index is 12.6. The zero-order chi connectivity index (χ0) is 23.2. The van der Waals surface area contributed by atoms with Crippen LogP contribution >= 0.6 is 11.6 Å². The second kappa shape index (κ2) is 7.99. The molecule has 2 aromatic carbocycles. The van der Waals surface area contributed by atoms with E-state index in [1.807, 2.05) is 18.3 Å². The number of nitrogens with zero attached hydrogens (tertiary/aromatic N) is 3. The van der Waals surface area contributed by atoms with Crippen LogP contribution in [0.25, 0.3) is 11.0 Å². The summed E-state index contributed by atoms with van der Waals surface area (Å²) >= 11 is 6.01. The second-order valence-electron chi connectivity index (χ2n) is 9.76. The number of carbonyl (C=O) groups excluding carboxylic acids is 1. The highest BCUT2D eigenvalue weighted by atomic mass is 35.5. The Balaban J connectivity index is 1.50. The number of nitrogens with one attached hydrogen (secondary N) is 1. The number of aromatic nitrogens is 3. The fourth-order valence-electron chi connectivity index (χ4n) is 4.77. The molecule has 0 saturated heterocycles. The number of carbonyl (C=O) groups is 1. The largest absolute Gasteiger partial charge is 0.322 e. The number of hydrogen-bond acceptors (Lipinski definition) is 3. The average molecular weight is 459 g/mol. The third kappa shape index (κ3) is 3.80. The Kier molecular flexibility index (Phi) is 5.25. The number of benzene rings is 2. The van der Waals surface area contributed by atoms with Crippen molar-refractivity contribution >= 4 is 34.4 Å². The molecule has 33 heavy (non-hydrogen) atoms. The first kappa shape index (κ1) is 21.7. The van der Waals surface area contributed by atoms with Crippen molar-refractivity contribution in [3.63, 3.8) is 0 Å². The number of para-hydroxylation sites is 2. The lowest BCUT2D eigenvalue weighted by molar-refractivity contribution is 0.102. The summed E-state index contributed by atoms with van der Waals surface area (Å²) in [6, 6.07) is 19.2. The van der Waals surface area contributed by atoms with Crippen molar-refractivity contribution in [2.24, 2.45) is 0 Å². The van der Waals surface area contributed by atoms with Crippen molar-refractivity contribution in [2.75, 3.05) is 5.32 Å². The minimum Gasteiger partial charge on any atom is -0.322 e. The van der Waals surface area contributed by atoms with E-state index in [1.54, 1.807) is 24.3 Å². The molecular formula is C27H27ClN4O. The van der Waals surface area contributed by atoms with E-state index in [1.165, 1.54) is 0 Å². The van der Waals surface area contributed by atoms with E-state index in [9.17, 15) is 4.79 Å². The molecule has 0 bridgehead atoms. The zero-order valence-electron chi connectivity index (χ0n) is 19.1. The Morgan fingerprint density at radius 3 is 2.48 bits per heavy atom. The van der Waals surface area contributed by atoms with E-state index >= 15 is 0 Å². The number of rotatable bonds is 4. The van der Waals surface area contributed by atoms with Crippen LogP contribution in [-0.2, 0) is 11.0 Å². The van der Waals surface area contributed by atoms with E-state index in [-0.39, 0.29) is 16.9 Å². The number of pyridine rings is 1. The minimum atomic E-state index is -0.231. The van der Waals surface area contributed by atoms with Crippen LogP contribution < -0.4 is 5.32 Å². The normalized spacial score (nSPS) is 15.3. The van der Waals surface area contributed by atoms with Gasteiger partial charge in [-0.05, 0) is 75.6 Å². The molecule has 1 fully saturated rings. The van der Waals surface area contributed by atoms with Crippen LogP contribution in [0.2, 0.25) is 5.02 Å². The van der Waals surface area contributed by atoms with Crippen LogP contribution in [0.15, 0.2) is 66.9 Å². The highest BCUT2D eigenvalue weighted by Crippen LogP contribution is 2.50. The molecule has 0 unspecified atom stereocenters. The van der Waals surface area contributed by atoms with Gasteiger partial charge >= 0.3 is 0 Å². The third-order valence-electron chi connectivity index (χ3n) is 6.51. The average Bonchev–Trinajstić information content (AvgIpc) is 3.14. The van der Waals surface area contributed by atoms with Gasteiger partial charge in [0.15, 0.2) is 0 Å². The van der Waals surface area contributed by atoms with E-state index < -0.39 is 0 Å². The lowest BCUT2D eigenvalue weighted by atomic mass is 9.64. The van der Waals surface area contributed by atoms with Gasteiger partial charge in [-0.2, -0.15) is 0 Å². The lowest BCUT2D eigenvalue weighted by Crippen LogP contribution is -2.41. The molecule has 1 N–H and O–H groups in total.